The van der Waals surface area contributed by atoms with Gasteiger partial charge in [0.1, 0.15) is 4.88 Å². The van der Waals surface area contributed by atoms with E-state index in [4.69, 9.17) is 5.73 Å². The Labute approximate surface area is 127 Å². The van der Waals surface area contributed by atoms with E-state index < -0.39 is 0 Å². The molecule has 1 aliphatic rings. The first-order valence-corrected chi connectivity index (χ1v) is 7.63. The molecule has 1 fully saturated rings. The highest BCUT2D eigenvalue weighted by Crippen LogP contribution is 2.22. The summed E-state index contributed by atoms with van der Waals surface area (Å²) in [6.07, 6.45) is 5.23. The minimum atomic E-state index is 0.0234. The van der Waals surface area contributed by atoms with Crippen molar-refractivity contribution in [2.24, 2.45) is 0 Å². The van der Waals surface area contributed by atoms with E-state index in [2.05, 4.69) is 21.8 Å². The second kappa shape index (κ2) is 5.69. The van der Waals surface area contributed by atoms with Crippen LogP contribution in [0.15, 0.2) is 24.7 Å². The van der Waals surface area contributed by atoms with Gasteiger partial charge in [-0.2, -0.15) is 0 Å². The van der Waals surface area contributed by atoms with Crippen molar-refractivity contribution < 1.29 is 4.79 Å². The van der Waals surface area contributed by atoms with Crippen LogP contribution in [0.3, 0.4) is 0 Å². The topological polar surface area (TPSA) is 75.4 Å². The molecule has 3 rings (SSSR count). The lowest BCUT2D eigenvalue weighted by Crippen LogP contribution is -2.48. The molecule has 2 aromatic heterocycles. The molecule has 6 nitrogen and oxygen atoms in total. The molecule has 1 aliphatic heterocycles. The van der Waals surface area contributed by atoms with Crippen molar-refractivity contribution in [2.45, 2.75) is 6.92 Å². The molecule has 0 aromatic carbocycles. The third kappa shape index (κ3) is 2.82. The molecule has 110 valence electrons. The van der Waals surface area contributed by atoms with Gasteiger partial charge in [0.2, 0.25) is 0 Å². The molecule has 0 bridgehead atoms. The molecule has 0 aliphatic carbocycles. The highest BCUT2D eigenvalue weighted by molar-refractivity contribution is 7.17. The largest absolute Gasteiger partial charge is 0.375 e. The van der Waals surface area contributed by atoms with Crippen LogP contribution in [0.2, 0.25) is 0 Å². The van der Waals surface area contributed by atoms with Crippen molar-refractivity contribution >= 4 is 28.1 Å². The summed E-state index contributed by atoms with van der Waals surface area (Å²) in [6, 6.07) is 2.02. The van der Waals surface area contributed by atoms with Gasteiger partial charge in [0.25, 0.3) is 5.91 Å². The number of rotatable bonds is 2. The number of carbonyl (C=O) groups excluding carboxylic acids is 1. The molecule has 0 unspecified atom stereocenters. The molecular weight excluding hydrogens is 286 g/mol. The third-order valence-corrected chi connectivity index (χ3v) is 4.45. The number of piperazine rings is 1. The maximum Gasteiger partial charge on any atom is 0.265 e. The number of hydrogen-bond donors (Lipinski definition) is 1. The maximum absolute atomic E-state index is 12.3. The monoisotopic (exact) mass is 303 g/mol. The molecule has 0 spiro atoms. The highest BCUT2D eigenvalue weighted by atomic mass is 32.1. The molecule has 1 amide bonds. The van der Waals surface area contributed by atoms with Crippen LogP contribution in [-0.2, 0) is 0 Å². The number of nitrogens with zero attached hydrogens (tertiary/aromatic N) is 4. The van der Waals surface area contributed by atoms with Crippen LogP contribution in [0.4, 0.5) is 10.8 Å². The van der Waals surface area contributed by atoms with Crippen molar-refractivity contribution in [3.05, 3.63) is 35.1 Å². The lowest BCUT2D eigenvalue weighted by molar-refractivity contribution is 0.0751. The van der Waals surface area contributed by atoms with Crippen LogP contribution in [0.1, 0.15) is 15.2 Å². The fourth-order valence-electron chi connectivity index (χ4n) is 2.51. The average Bonchev–Trinajstić information content (AvgIpc) is 2.94. The predicted molar refractivity (Wildman–Crippen MR) is 83.6 cm³/mol. The number of aryl methyl sites for hydroxylation is 1. The van der Waals surface area contributed by atoms with Crippen LogP contribution in [0, 0.1) is 6.92 Å². The molecule has 0 atom stereocenters. The standard InChI is InChI=1S/C14H17N5OS/c1-10-8-16-3-2-11(10)18-4-6-19(7-5-18)13(20)12-9-17-14(15)21-12/h2-3,8-9H,4-7H2,1H3,(H2,15,17). The molecule has 0 saturated carbocycles. The van der Waals surface area contributed by atoms with Gasteiger partial charge < -0.3 is 15.5 Å². The second-order valence-corrected chi connectivity index (χ2v) is 6.07. The van der Waals surface area contributed by atoms with E-state index in [1.54, 1.807) is 12.4 Å². The van der Waals surface area contributed by atoms with E-state index in [9.17, 15) is 4.79 Å². The predicted octanol–water partition coefficient (Wildman–Crippen LogP) is 1.39. The van der Waals surface area contributed by atoms with Crippen LogP contribution in [-0.4, -0.2) is 47.0 Å². The Morgan fingerprint density at radius 1 is 1.29 bits per heavy atom. The van der Waals surface area contributed by atoms with Gasteiger partial charge in [-0.1, -0.05) is 11.3 Å². The fourth-order valence-corrected chi connectivity index (χ4v) is 3.17. The molecule has 2 N–H and O–H groups in total. The van der Waals surface area contributed by atoms with Crippen molar-refractivity contribution in [1.82, 2.24) is 14.9 Å². The SMILES string of the molecule is Cc1cnccc1N1CCN(C(=O)c2cnc(N)s2)CC1. The molecule has 3 heterocycles. The zero-order valence-corrected chi connectivity index (χ0v) is 12.6. The zero-order chi connectivity index (χ0) is 14.8. The summed E-state index contributed by atoms with van der Waals surface area (Å²) in [7, 11) is 0. The van der Waals surface area contributed by atoms with Crippen molar-refractivity contribution in [2.75, 3.05) is 36.8 Å². The summed E-state index contributed by atoms with van der Waals surface area (Å²) in [4.78, 5) is 25.2. The minimum Gasteiger partial charge on any atom is -0.375 e. The lowest BCUT2D eigenvalue weighted by Gasteiger charge is -2.36. The average molecular weight is 303 g/mol. The molecule has 7 heteroatoms. The smallest absolute Gasteiger partial charge is 0.265 e. The first-order chi connectivity index (χ1) is 10.1. The Kier molecular flexibility index (Phi) is 3.74. The minimum absolute atomic E-state index is 0.0234. The third-order valence-electron chi connectivity index (χ3n) is 3.63. The first-order valence-electron chi connectivity index (χ1n) is 6.81. The summed E-state index contributed by atoms with van der Waals surface area (Å²) in [5.74, 6) is 0.0234. The van der Waals surface area contributed by atoms with Gasteiger partial charge in [0.15, 0.2) is 5.13 Å². The summed E-state index contributed by atoms with van der Waals surface area (Å²) in [6.45, 7) is 5.12. The van der Waals surface area contributed by atoms with E-state index in [1.165, 1.54) is 17.0 Å². The van der Waals surface area contributed by atoms with Gasteiger partial charge in [-0.15, -0.1) is 0 Å². The fraction of sp³-hybridized carbons (Fsp3) is 0.357. The van der Waals surface area contributed by atoms with Gasteiger partial charge in [0, 0.05) is 44.3 Å². The molecule has 21 heavy (non-hydrogen) atoms. The Bertz CT molecular complexity index is 648. The summed E-state index contributed by atoms with van der Waals surface area (Å²) >= 11 is 1.24. The van der Waals surface area contributed by atoms with Gasteiger partial charge in [0.05, 0.1) is 6.20 Å². The number of nitrogen functional groups attached to an aromatic ring is 1. The number of nitrogens with two attached hydrogens (primary N) is 1. The second-order valence-electron chi connectivity index (χ2n) is 5.00. The molecule has 1 saturated heterocycles. The molecular formula is C14H17N5OS. The number of hydrogen-bond acceptors (Lipinski definition) is 6. The Morgan fingerprint density at radius 3 is 2.67 bits per heavy atom. The Hall–Kier alpha value is -2.15. The summed E-state index contributed by atoms with van der Waals surface area (Å²) in [5, 5.41) is 0.435. The van der Waals surface area contributed by atoms with Crippen LogP contribution < -0.4 is 10.6 Å². The number of pyridine rings is 1. The van der Waals surface area contributed by atoms with Crippen molar-refractivity contribution in [3.63, 3.8) is 0 Å². The number of amides is 1. The van der Waals surface area contributed by atoms with Crippen LogP contribution in [0.25, 0.3) is 0 Å². The van der Waals surface area contributed by atoms with E-state index in [0.29, 0.717) is 23.1 Å². The van der Waals surface area contributed by atoms with Crippen LogP contribution >= 0.6 is 11.3 Å². The van der Waals surface area contributed by atoms with Gasteiger partial charge in [-0.3, -0.25) is 9.78 Å². The number of aromatic nitrogens is 2. The molecule has 0 radical (unpaired) electrons. The zero-order valence-electron chi connectivity index (χ0n) is 11.8. The van der Waals surface area contributed by atoms with E-state index in [1.807, 2.05) is 17.2 Å². The quantitative estimate of drug-likeness (QED) is 0.907. The van der Waals surface area contributed by atoms with Gasteiger partial charge in [-0.05, 0) is 18.6 Å². The normalized spacial score (nSPS) is 15.3. The Morgan fingerprint density at radius 2 is 2.05 bits per heavy atom. The van der Waals surface area contributed by atoms with E-state index in [0.717, 1.165) is 18.7 Å². The summed E-state index contributed by atoms with van der Waals surface area (Å²) in [5.41, 5.74) is 7.94. The number of anilines is 2. The molecule has 2 aromatic rings. The first kappa shape index (κ1) is 13.8. The van der Waals surface area contributed by atoms with Crippen molar-refractivity contribution in [1.29, 1.82) is 0 Å². The maximum atomic E-state index is 12.3. The number of carbonyl (C=O) groups is 1. The lowest BCUT2D eigenvalue weighted by atomic mass is 10.2. The number of thiazole rings is 1. The highest BCUT2D eigenvalue weighted by Gasteiger charge is 2.24. The summed E-state index contributed by atoms with van der Waals surface area (Å²) < 4.78 is 0. The van der Waals surface area contributed by atoms with Gasteiger partial charge >= 0.3 is 0 Å². The van der Waals surface area contributed by atoms with Crippen LogP contribution in [0.5, 0.6) is 0 Å². The Balaban J connectivity index is 1.65. The van der Waals surface area contributed by atoms with Crippen molar-refractivity contribution in [3.8, 4) is 0 Å². The van der Waals surface area contributed by atoms with E-state index in [-0.39, 0.29) is 5.91 Å². The van der Waals surface area contributed by atoms with Gasteiger partial charge in [-0.25, -0.2) is 4.98 Å². The van der Waals surface area contributed by atoms with E-state index >= 15 is 0 Å².